The molecule has 5 aromatic carbocycles. The molecule has 0 aromatic heterocycles. The van der Waals surface area contributed by atoms with Crippen LogP contribution in [-0.2, 0) is 0 Å². The van der Waals surface area contributed by atoms with Gasteiger partial charge in [-0.15, -0.1) is 0 Å². The van der Waals surface area contributed by atoms with Gasteiger partial charge < -0.3 is 9.80 Å². The number of nitrogens with zero attached hydrogens (tertiary/aromatic N) is 2. The second kappa shape index (κ2) is 12.5. The Labute approximate surface area is 246 Å². The van der Waals surface area contributed by atoms with Crippen LogP contribution in [0.1, 0.15) is 58.7 Å². The lowest BCUT2D eigenvalue weighted by Crippen LogP contribution is -2.18. The van der Waals surface area contributed by atoms with E-state index in [9.17, 15) is 0 Å². The monoisotopic (exact) mass is 538 g/mol. The minimum atomic E-state index is 0.153. The fourth-order valence-electron chi connectivity index (χ4n) is 5.98. The number of rotatable bonds is 9. The average Bonchev–Trinajstić information content (AvgIpc) is 2.98. The van der Waals surface area contributed by atoms with E-state index < -0.39 is 0 Å². The molecule has 0 aliphatic carbocycles. The molecule has 0 unspecified atom stereocenters. The van der Waals surface area contributed by atoms with Crippen molar-refractivity contribution in [1.29, 1.82) is 0 Å². The van der Waals surface area contributed by atoms with Crippen LogP contribution in [0.25, 0.3) is 0 Å². The van der Waals surface area contributed by atoms with E-state index in [4.69, 9.17) is 0 Å². The zero-order valence-corrected chi connectivity index (χ0v) is 25.4. The third kappa shape index (κ3) is 6.07. The van der Waals surface area contributed by atoms with Crippen LogP contribution in [0.15, 0.2) is 115 Å². The first-order valence-corrected chi connectivity index (χ1v) is 14.8. The highest BCUT2D eigenvalue weighted by molar-refractivity contribution is 5.69. The molecule has 5 rings (SSSR count). The molecule has 0 saturated carbocycles. The molecule has 0 fully saturated rings. The summed E-state index contributed by atoms with van der Waals surface area (Å²) in [5.41, 5.74) is 14.1. The number of hydrogen-bond donors (Lipinski definition) is 0. The molecule has 0 atom stereocenters. The summed E-state index contributed by atoms with van der Waals surface area (Å²) < 4.78 is 0. The molecule has 0 amide bonds. The topological polar surface area (TPSA) is 6.48 Å². The van der Waals surface area contributed by atoms with Gasteiger partial charge in [0.2, 0.25) is 0 Å². The number of aryl methyl sites for hydroxylation is 4. The molecule has 0 bridgehead atoms. The maximum absolute atomic E-state index is 2.40. The first-order chi connectivity index (χ1) is 19.9. The van der Waals surface area contributed by atoms with E-state index in [0.29, 0.717) is 0 Å². The van der Waals surface area contributed by atoms with Crippen molar-refractivity contribution in [3.8, 4) is 0 Å². The quantitative estimate of drug-likeness (QED) is 0.172. The Morgan fingerprint density at radius 2 is 0.878 bits per heavy atom. The van der Waals surface area contributed by atoms with Gasteiger partial charge in [-0.1, -0.05) is 90.0 Å². The Balaban J connectivity index is 1.54. The van der Waals surface area contributed by atoms with Gasteiger partial charge in [-0.3, -0.25) is 0 Å². The Morgan fingerprint density at radius 3 is 1.24 bits per heavy atom. The number of benzene rings is 5. The van der Waals surface area contributed by atoms with Crippen molar-refractivity contribution in [1.82, 2.24) is 0 Å². The lowest BCUT2D eigenvalue weighted by molar-refractivity contribution is 0.957. The number of hydrogen-bond acceptors (Lipinski definition) is 2. The average molecular weight is 539 g/mol. The minimum absolute atomic E-state index is 0.153. The van der Waals surface area contributed by atoms with Gasteiger partial charge in [0.25, 0.3) is 0 Å². The Hall–Kier alpha value is -4.30. The van der Waals surface area contributed by atoms with E-state index in [1.807, 2.05) is 0 Å². The SMILES string of the molecule is CCN(c1ccc(C)cc1)c1ccc(C(c2ccccc2)c2ccc(N(CC)c3ccc(C)cc3)c(C)c2)cc1C. The van der Waals surface area contributed by atoms with Crippen LogP contribution in [0, 0.1) is 27.7 Å². The van der Waals surface area contributed by atoms with Gasteiger partial charge in [0, 0.05) is 41.8 Å². The third-order valence-corrected chi connectivity index (χ3v) is 8.15. The molecular formula is C39H42N2. The largest absolute Gasteiger partial charge is 0.342 e. The molecule has 0 heterocycles. The van der Waals surface area contributed by atoms with Crippen molar-refractivity contribution in [2.45, 2.75) is 47.5 Å². The summed E-state index contributed by atoms with van der Waals surface area (Å²) in [4.78, 5) is 4.80. The second-order valence-electron chi connectivity index (χ2n) is 11.1. The van der Waals surface area contributed by atoms with Crippen LogP contribution in [0.4, 0.5) is 22.7 Å². The normalized spacial score (nSPS) is 11.1. The van der Waals surface area contributed by atoms with Gasteiger partial charge in [0.05, 0.1) is 0 Å². The van der Waals surface area contributed by atoms with E-state index in [1.54, 1.807) is 0 Å². The highest BCUT2D eigenvalue weighted by Crippen LogP contribution is 2.38. The summed E-state index contributed by atoms with van der Waals surface area (Å²) in [5.74, 6) is 0.153. The van der Waals surface area contributed by atoms with Crippen LogP contribution < -0.4 is 9.80 Å². The number of anilines is 4. The van der Waals surface area contributed by atoms with E-state index in [0.717, 1.165) is 13.1 Å². The van der Waals surface area contributed by atoms with Crippen LogP contribution in [0.5, 0.6) is 0 Å². The summed E-state index contributed by atoms with van der Waals surface area (Å²) in [6.45, 7) is 15.0. The second-order valence-corrected chi connectivity index (χ2v) is 11.1. The lowest BCUT2D eigenvalue weighted by Gasteiger charge is -2.28. The summed E-state index contributed by atoms with van der Waals surface area (Å²) in [7, 11) is 0. The maximum Gasteiger partial charge on any atom is 0.0440 e. The first kappa shape index (κ1) is 28.2. The summed E-state index contributed by atoms with van der Waals surface area (Å²) >= 11 is 0. The molecule has 0 aliphatic rings. The molecule has 0 radical (unpaired) electrons. The minimum Gasteiger partial charge on any atom is -0.342 e. The molecule has 2 nitrogen and oxygen atoms in total. The standard InChI is InChI=1S/C39H42N2/c1-7-40(35-20-14-28(3)15-21-35)37-24-18-33(26-30(37)5)39(32-12-10-9-11-13-32)34-19-25-38(31(6)27-34)41(8-2)36-22-16-29(4)17-23-36/h9-27,39H,7-8H2,1-6H3. The summed E-state index contributed by atoms with van der Waals surface area (Å²) in [6, 6.07) is 42.6. The van der Waals surface area contributed by atoms with Crippen molar-refractivity contribution in [2.24, 2.45) is 0 Å². The van der Waals surface area contributed by atoms with Gasteiger partial charge in [0.15, 0.2) is 0 Å². The molecule has 41 heavy (non-hydrogen) atoms. The summed E-state index contributed by atoms with van der Waals surface area (Å²) in [6.07, 6.45) is 0. The third-order valence-electron chi connectivity index (χ3n) is 8.15. The van der Waals surface area contributed by atoms with Crippen LogP contribution >= 0.6 is 0 Å². The molecule has 0 aliphatic heterocycles. The van der Waals surface area contributed by atoms with Crippen LogP contribution in [0.3, 0.4) is 0 Å². The predicted octanol–water partition coefficient (Wildman–Crippen LogP) is 10.4. The van der Waals surface area contributed by atoms with E-state index in [1.165, 1.54) is 61.7 Å². The first-order valence-electron chi connectivity index (χ1n) is 14.8. The molecule has 208 valence electrons. The Kier molecular flexibility index (Phi) is 8.59. The Morgan fingerprint density at radius 1 is 0.463 bits per heavy atom. The zero-order chi connectivity index (χ0) is 28.9. The molecule has 0 N–H and O–H groups in total. The lowest BCUT2D eigenvalue weighted by atomic mass is 9.83. The van der Waals surface area contributed by atoms with Gasteiger partial charge in [-0.2, -0.15) is 0 Å². The van der Waals surface area contributed by atoms with E-state index >= 15 is 0 Å². The van der Waals surface area contributed by atoms with Gasteiger partial charge >= 0.3 is 0 Å². The van der Waals surface area contributed by atoms with Crippen molar-refractivity contribution < 1.29 is 0 Å². The fourth-order valence-corrected chi connectivity index (χ4v) is 5.98. The predicted molar refractivity (Wildman–Crippen MR) is 177 cm³/mol. The Bertz CT molecular complexity index is 1480. The van der Waals surface area contributed by atoms with Gasteiger partial charge in [-0.05, 0) is 106 Å². The fraction of sp³-hybridized carbons (Fsp3) is 0.231. The van der Waals surface area contributed by atoms with Crippen molar-refractivity contribution in [3.63, 3.8) is 0 Å². The maximum atomic E-state index is 2.40. The zero-order valence-electron chi connectivity index (χ0n) is 25.4. The molecule has 0 spiro atoms. The van der Waals surface area contributed by atoms with Crippen molar-refractivity contribution in [3.05, 3.63) is 154 Å². The molecule has 5 aromatic rings. The highest BCUT2D eigenvalue weighted by Gasteiger charge is 2.21. The molecule has 2 heteroatoms. The van der Waals surface area contributed by atoms with Crippen molar-refractivity contribution in [2.75, 3.05) is 22.9 Å². The van der Waals surface area contributed by atoms with Gasteiger partial charge in [-0.25, -0.2) is 0 Å². The van der Waals surface area contributed by atoms with Crippen LogP contribution in [0.2, 0.25) is 0 Å². The van der Waals surface area contributed by atoms with E-state index in [-0.39, 0.29) is 5.92 Å². The summed E-state index contributed by atoms with van der Waals surface area (Å²) in [5, 5.41) is 0. The smallest absolute Gasteiger partial charge is 0.0440 e. The molecule has 0 saturated heterocycles. The van der Waals surface area contributed by atoms with Gasteiger partial charge in [0.1, 0.15) is 0 Å². The van der Waals surface area contributed by atoms with Crippen LogP contribution in [-0.4, -0.2) is 13.1 Å². The van der Waals surface area contributed by atoms with Crippen molar-refractivity contribution >= 4 is 22.7 Å². The van der Waals surface area contributed by atoms with E-state index in [2.05, 4.69) is 167 Å². The highest BCUT2D eigenvalue weighted by atomic mass is 15.1. The molecular weight excluding hydrogens is 496 g/mol.